The monoisotopic (exact) mass is 237 g/mol. The fraction of sp³-hybridized carbons (Fsp3) is 0.571. The molecule has 0 amide bonds. The number of benzene rings is 1. The molecule has 1 heterocycles. The van der Waals surface area contributed by atoms with Gasteiger partial charge in [-0.2, -0.15) is 0 Å². The predicted octanol–water partition coefficient (Wildman–Crippen LogP) is 2.34. The molecule has 94 valence electrons. The van der Waals surface area contributed by atoms with Crippen molar-refractivity contribution >= 4 is 0 Å². The first-order valence-corrected chi connectivity index (χ1v) is 6.10. The van der Waals surface area contributed by atoms with Gasteiger partial charge in [0.1, 0.15) is 5.82 Å². The van der Waals surface area contributed by atoms with Crippen molar-refractivity contribution in [2.45, 2.75) is 32.9 Å². The molecular weight excluding hydrogens is 217 g/mol. The number of hydrogen-bond acceptors (Lipinski definition) is 2. The lowest BCUT2D eigenvalue weighted by atomic mass is 9.82. The van der Waals surface area contributed by atoms with Crippen molar-refractivity contribution < 1.29 is 9.50 Å². The standard InChI is InChI=1S/C14H20FNO/c1-10(2)14(17)8-16(9-14)7-12-4-5-13(15)6-11(12)3/h4-6,10,17H,7-9H2,1-3H3. The summed E-state index contributed by atoms with van der Waals surface area (Å²) in [5.74, 6) is 0.0987. The molecule has 0 atom stereocenters. The van der Waals surface area contributed by atoms with Crippen LogP contribution in [0.5, 0.6) is 0 Å². The molecule has 0 spiro atoms. The van der Waals surface area contributed by atoms with Gasteiger partial charge in [-0.1, -0.05) is 19.9 Å². The first kappa shape index (κ1) is 12.5. The van der Waals surface area contributed by atoms with Crippen LogP contribution in [0.2, 0.25) is 0 Å². The molecule has 0 aliphatic carbocycles. The number of halogens is 1. The zero-order valence-corrected chi connectivity index (χ0v) is 10.7. The molecule has 2 rings (SSSR count). The van der Waals surface area contributed by atoms with Gasteiger partial charge in [-0.25, -0.2) is 4.39 Å². The maximum absolute atomic E-state index is 13.0. The van der Waals surface area contributed by atoms with E-state index in [0.29, 0.717) is 13.1 Å². The Balaban J connectivity index is 1.96. The van der Waals surface area contributed by atoms with Gasteiger partial charge >= 0.3 is 0 Å². The molecule has 1 saturated heterocycles. The topological polar surface area (TPSA) is 23.5 Å². The zero-order valence-electron chi connectivity index (χ0n) is 10.7. The van der Waals surface area contributed by atoms with E-state index >= 15 is 0 Å². The van der Waals surface area contributed by atoms with Crippen LogP contribution >= 0.6 is 0 Å². The minimum absolute atomic E-state index is 0.187. The van der Waals surface area contributed by atoms with E-state index in [9.17, 15) is 9.50 Å². The highest BCUT2D eigenvalue weighted by atomic mass is 19.1. The molecule has 1 aromatic carbocycles. The lowest BCUT2D eigenvalue weighted by Gasteiger charge is -2.49. The van der Waals surface area contributed by atoms with E-state index in [-0.39, 0.29) is 11.7 Å². The fourth-order valence-electron chi connectivity index (χ4n) is 2.28. The van der Waals surface area contributed by atoms with E-state index in [1.54, 1.807) is 6.07 Å². The van der Waals surface area contributed by atoms with Gasteiger partial charge in [0.15, 0.2) is 0 Å². The van der Waals surface area contributed by atoms with Gasteiger partial charge in [0.25, 0.3) is 0 Å². The summed E-state index contributed by atoms with van der Waals surface area (Å²) in [6.07, 6.45) is 0. The van der Waals surface area contributed by atoms with Crippen molar-refractivity contribution in [2.24, 2.45) is 5.92 Å². The molecule has 0 unspecified atom stereocenters. The number of aliphatic hydroxyl groups is 1. The van der Waals surface area contributed by atoms with Gasteiger partial charge in [0.05, 0.1) is 5.60 Å². The first-order chi connectivity index (χ1) is 7.90. The van der Waals surface area contributed by atoms with Gasteiger partial charge in [-0.3, -0.25) is 4.90 Å². The molecule has 0 radical (unpaired) electrons. The van der Waals surface area contributed by atoms with Crippen LogP contribution in [-0.4, -0.2) is 28.7 Å². The Kier molecular flexibility index (Phi) is 3.23. The number of hydrogen-bond donors (Lipinski definition) is 1. The molecule has 17 heavy (non-hydrogen) atoms. The number of aryl methyl sites for hydroxylation is 1. The quantitative estimate of drug-likeness (QED) is 0.872. The van der Waals surface area contributed by atoms with Crippen LogP contribution in [0.1, 0.15) is 25.0 Å². The van der Waals surface area contributed by atoms with E-state index in [1.807, 2.05) is 26.8 Å². The van der Waals surface area contributed by atoms with Crippen molar-refractivity contribution in [1.82, 2.24) is 4.90 Å². The summed E-state index contributed by atoms with van der Waals surface area (Å²) < 4.78 is 13.0. The highest BCUT2D eigenvalue weighted by molar-refractivity contribution is 5.26. The van der Waals surface area contributed by atoms with Gasteiger partial charge in [0.2, 0.25) is 0 Å². The van der Waals surface area contributed by atoms with Crippen LogP contribution in [0.3, 0.4) is 0 Å². The summed E-state index contributed by atoms with van der Waals surface area (Å²) in [4.78, 5) is 2.19. The zero-order chi connectivity index (χ0) is 12.6. The molecule has 2 nitrogen and oxygen atoms in total. The highest BCUT2D eigenvalue weighted by Gasteiger charge is 2.43. The molecule has 1 aliphatic heterocycles. The van der Waals surface area contributed by atoms with E-state index in [4.69, 9.17) is 0 Å². The molecule has 1 aliphatic rings. The minimum atomic E-state index is -0.534. The second-order valence-electron chi connectivity index (χ2n) is 5.47. The van der Waals surface area contributed by atoms with Gasteiger partial charge in [0, 0.05) is 19.6 Å². The van der Waals surface area contributed by atoms with Gasteiger partial charge in [-0.05, 0) is 36.1 Å². The number of nitrogens with zero attached hydrogens (tertiary/aromatic N) is 1. The van der Waals surface area contributed by atoms with Crippen LogP contribution in [0.25, 0.3) is 0 Å². The second kappa shape index (κ2) is 4.39. The Bertz CT molecular complexity index is 411. The van der Waals surface area contributed by atoms with Crippen LogP contribution < -0.4 is 0 Å². The van der Waals surface area contributed by atoms with Crippen molar-refractivity contribution in [2.75, 3.05) is 13.1 Å². The van der Waals surface area contributed by atoms with Crippen LogP contribution in [0.15, 0.2) is 18.2 Å². The third kappa shape index (κ3) is 2.50. The van der Waals surface area contributed by atoms with Gasteiger partial charge in [-0.15, -0.1) is 0 Å². The van der Waals surface area contributed by atoms with E-state index in [0.717, 1.165) is 17.7 Å². The smallest absolute Gasteiger partial charge is 0.123 e. The second-order valence-corrected chi connectivity index (χ2v) is 5.47. The molecule has 1 aromatic rings. The largest absolute Gasteiger partial charge is 0.387 e. The summed E-state index contributed by atoms with van der Waals surface area (Å²) in [5.41, 5.74) is 1.58. The highest BCUT2D eigenvalue weighted by Crippen LogP contribution is 2.30. The van der Waals surface area contributed by atoms with Crippen molar-refractivity contribution in [1.29, 1.82) is 0 Å². The fourth-order valence-corrected chi connectivity index (χ4v) is 2.28. The molecule has 0 saturated carbocycles. The maximum atomic E-state index is 13.0. The van der Waals surface area contributed by atoms with Crippen molar-refractivity contribution in [3.63, 3.8) is 0 Å². The van der Waals surface area contributed by atoms with E-state index in [2.05, 4.69) is 4.90 Å². The van der Waals surface area contributed by atoms with Crippen LogP contribution in [-0.2, 0) is 6.54 Å². The summed E-state index contributed by atoms with van der Waals surface area (Å²) in [6, 6.07) is 4.89. The Morgan fingerprint density at radius 3 is 2.59 bits per heavy atom. The van der Waals surface area contributed by atoms with Crippen molar-refractivity contribution in [3.05, 3.63) is 35.1 Å². The summed E-state index contributed by atoms with van der Waals surface area (Å²) in [6.45, 7) is 8.22. The predicted molar refractivity (Wildman–Crippen MR) is 66.2 cm³/mol. The van der Waals surface area contributed by atoms with Crippen LogP contribution in [0.4, 0.5) is 4.39 Å². The average molecular weight is 237 g/mol. The minimum Gasteiger partial charge on any atom is -0.387 e. The number of likely N-dealkylation sites (tertiary alicyclic amines) is 1. The molecule has 1 N–H and O–H groups in total. The number of β-amino-alcohol motifs (C(OH)–C–C–N with tert-alkyl or cyclic N) is 1. The van der Waals surface area contributed by atoms with E-state index in [1.165, 1.54) is 6.07 Å². The third-order valence-corrected chi connectivity index (χ3v) is 3.77. The third-order valence-electron chi connectivity index (χ3n) is 3.77. The molecule has 1 fully saturated rings. The summed E-state index contributed by atoms with van der Waals surface area (Å²) in [7, 11) is 0. The number of rotatable bonds is 3. The molecule has 0 aromatic heterocycles. The Labute approximate surface area is 102 Å². The lowest BCUT2D eigenvalue weighted by Crippen LogP contribution is -2.63. The SMILES string of the molecule is Cc1cc(F)ccc1CN1CC(O)(C(C)C)C1. The normalized spacial score (nSPS) is 19.4. The van der Waals surface area contributed by atoms with E-state index < -0.39 is 5.60 Å². The van der Waals surface area contributed by atoms with Gasteiger partial charge < -0.3 is 5.11 Å². The first-order valence-electron chi connectivity index (χ1n) is 6.10. The maximum Gasteiger partial charge on any atom is 0.123 e. The van der Waals surface area contributed by atoms with Crippen molar-refractivity contribution in [3.8, 4) is 0 Å². The summed E-state index contributed by atoms with van der Waals surface area (Å²) >= 11 is 0. The molecule has 0 bridgehead atoms. The Morgan fingerprint density at radius 1 is 1.41 bits per heavy atom. The molecule has 3 heteroatoms. The Hall–Kier alpha value is -0.930. The average Bonchev–Trinajstić information content (AvgIpc) is 2.19. The van der Waals surface area contributed by atoms with Crippen LogP contribution in [0, 0.1) is 18.7 Å². The Morgan fingerprint density at radius 2 is 2.06 bits per heavy atom. The molecular formula is C14H20FNO. The summed E-state index contributed by atoms with van der Waals surface area (Å²) in [5, 5.41) is 10.1. The lowest BCUT2D eigenvalue weighted by molar-refractivity contribution is -0.130.